The first-order valence-electron chi connectivity index (χ1n) is 7.95. The highest BCUT2D eigenvalue weighted by molar-refractivity contribution is 5.94. The molecule has 2 aliphatic heterocycles. The second kappa shape index (κ2) is 7.17. The molecule has 2 N–H and O–H groups in total. The maximum Gasteiger partial charge on any atom is 0.253 e. The van der Waals surface area contributed by atoms with Crippen LogP contribution < -0.4 is 5.32 Å². The van der Waals surface area contributed by atoms with Gasteiger partial charge < -0.3 is 20.1 Å². The molecule has 22 heavy (non-hydrogen) atoms. The van der Waals surface area contributed by atoms with Gasteiger partial charge >= 0.3 is 0 Å². The summed E-state index contributed by atoms with van der Waals surface area (Å²) in [4.78, 5) is 18.2. The zero-order valence-corrected chi connectivity index (χ0v) is 12.6. The van der Waals surface area contributed by atoms with Gasteiger partial charge in [0.1, 0.15) is 0 Å². The van der Waals surface area contributed by atoms with Crippen molar-refractivity contribution in [2.45, 2.75) is 37.5 Å². The second-order valence-electron chi connectivity index (χ2n) is 6.01. The van der Waals surface area contributed by atoms with Crippen LogP contribution in [-0.2, 0) is 4.74 Å². The second-order valence-corrected chi connectivity index (χ2v) is 6.01. The maximum absolute atomic E-state index is 12.4. The first kappa shape index (κ1) is 15.4. The third kappa shape index (κ3) is 3.63. The SMILES string of the molecule is O=C(c1ccncc1)N1CCC(N[C@@H]2CCOC[C@H]2O)CC1. The molecule has 0 aliphatic carbocycles. The number of hydrogen-bond acceptors (Lipinski definition) is 5. The summed E-state index contributed by atoms with van der Waals surface area (Å²) in [5, 5.41) is 13.5. The molecule has 1 amide bonds. The van der Waals surface area contributed by atoms with E-state index in [1.807, 2.05) is 4.90 Å². The summed E-state index contributed by atoms with van der Waals surface area (Å²) in [6.45, 7) is 2.61. The van der Waals surface area contributed by atoms with Gasteiger partial charge in [0.05, 0.1) is 12.7 Å². The number of amides is 1. The highest BCUT2D eigenvalue weighted by Crippen LogP contribution is 2.16. The number of likely N-dealkylation sites (tertiary alicyclic amines) is 1. The standard InChI is InChI=1S/C16H23N3O3/c20-15-11-22-10-5-14(15)18-13-3-8-19(9-4-13)16(21)12-1-6-17-7-2-12/h1-2,6-7,13-15,18,20H,3-5,8-11H2/t14-,15-/m1/s1. The van der Waals surface area contributed by atoms with Crippen LogP contribution in [0.5, 0.6) is 0 Å². The molecule has 3 rings (SSSR count). The van der Waals surface area contributed by atoms with E-state index >= 15 is 0 Å². The van der Waals surface area contributed by atoms with Gasteiger partial charge in [-0.3, -0.25) is 9.78 Å². The van der Waals surface area contributed by atoms with Crippen molar-refractivity contribution < 1.29 is 14.6 Å². The van der Waals surface area contributed by atoms with Crippen molar-refractivity contribution in [1.82, 2.24) is 15.2 Å². The van der Waals surface area contributed by atoms with E-state index in [1.165, 1.54) is 0 Å². The molecule has 6 heteroatoms. The van der Waals surface area contributed by atoms with Crippen LogP contribution in [0.25, 0.3) is 0 Å². The van der Waals surface area contributed by atoms with E-state index in [-0.39, 0.29) is 11.9 Å². The first-order valence-corrected chi connectivity index (χ1v) is 7.95. The molecule has 2 fully saturated rings. The Morgan fingerprint density at radius 2 is 2.00 bits per heavy atom. The van der Waals surface area contributed by atoms with E-state index in [1.54, 1.807) is 24.5 Å². The van der Waals surface area contributed by atoms with Crippen molar-refractivity contribution in [3.05, 3.63) is 30.1 Å². The lowest BCUT2D eigenvalue weighted by molar-refractivity contribution is -0.0319. The fraction of sp³-hybridized carbons (Fsp3) is 0.625. The first-order chi connectivity index (χ1) is 10.7. The number of rotatable bonds is 3. The molecule has 0 radical (unpaired) electrons. The Hall–Kier alpha value is -1.50. The molecule has 1 aromatic rings. The van der Waals surface area contributed by atoms with Crippen LogP contribution in [0.15, 0.2) is 24.5 Å². The average Bonchev–Trinajstić information content (AvgIpc) is 2.58. The molecule has 2 aliphatic rings. The Morgan fingerprint density at radius 1 is 1.27 bits per heavy atom. The third-order valence-electron chi connectivity index (χ3n) is 4.49. The van der Waals surface area contributed by atoms with Crippen LogP contribution >= 0.6 is 0 Å². The van der Waals surface area contributed by atoms with Gasteiger partial charge in [-0.25, -0.2) is 0 Å². The van der Waals surface area contributed by atoms with Crippen molar-refractivity contribution in [2.24, 2.45) is 0 Å². The van der Waals surface area contributed by atoms with Crippen LogP contribution in [-0.4, -0.2) is 65.4 Å². The summed E-state index contributed by atoms with van der Waals surface area (Å²) in [5.41, 5.74) is 0.696. The van der Waals surface area contributed by atoms with Crippen LogP contribution in [0.2, 0.25) is 0 Å². The number of pyridine rings is 1. The van der Waals surface area contributed by atoms with Crippen molar-refractivity contribution in [1.29, 1.82) is 0 Å². The lowest BCUT2D eigenvalue weighted by Gasteiger charge is -2.37. The van der Waals surface area contributed by atoms with Crippen molar-refractivity contribution in [3.8, 4) is 0 Å². The molecule has 2 atom stereocenters. The van der Waals surface area contributed by atoms with Crippen LogP contribution in [0.4, 0.5) is 0 Å². The normalized spacial score (nSPS) is 26.9. The Balaban J connectivity index is 1.49. The van der Waals surface area contributed by atoms with Gasteiger partial charge in [-0.1, -0.05) is 0 Å². The van der Waals surface area contributed by atoms with E-state index < -0.39 is 6.10 Å². The summed E-state index contributed by atoms with van der Waals surface area (Å²) in [6, 6.07) is 3.98. The molecule has 0 aromatic carbocycles. The molecule has 3 heterocycles. The third-order valence-corrected chi connectivity index (χ3v) is 4.49. The van der Waals surface area contributed by atoms with E-state index in [0.29, 0.717) is 24.8 Å². The number of aliphatic hydroxyl groups excluding tert-OH is 1. The number of carbonyl (C=O) groups is 1. The number of aromatic nitrogens is 1. The summed E-state index contributed by atoms with van der Waals surface area (Å²) < 4.78 is 5.25. The van der Waals surface area contributed by atoms with Crippen molar-refractivity contribution in [3.63, 3.8) is 0 Å². The van der Waals surface area contributed by atoms with Gasteiger partial charge in [0.2, 0.25) is 0 Å². The summed E-state index contributed by atoms with van der Waals surface area (Å²) >= 11 is 0. The van der Waals surface area contributed by atoms with Crippen LogP contribution in [0, 0.1) is 0 Å². The van der Waals surface area contributed by atoms with Gasteiger partial charge in [0.15, 0.2) is 0 Å². The van der Waals surface area contributed by atoms with Gasteiger partial charge in [-0.2, -0.15) is 0 Å². The number of aliphatic hydroxyl groups is 1. The topological polar surface area (TPSA) is 74.7 Å². The zero-order chi connectivity index (χ0) is 15.4. The summed E-state index contributed by atoms with van der Waals surface area (Å²) in [7, 11) is 0. The molecular weight excluding hydrogens is 282 g/mol. The molecule has 0 spiro atoms. The maximum atomic E-state index is 12.4. The number of carbonyl (C=O) groups excluding carboxylic acids is 1. The molecule has 0 unspecified atom stereocenters. The molecular formula is C16H23N3O3. The van der Waals surface area contributed by atoms with E-state index in [2.05, 4.69) is 10.3 Å². The predicted molar refractivity (Wildman–Crippen MR) is 81.5 cm³/mol. The Kier molecular flexibility index (Phi) is 5.02. The quantitative estimate of drug-likeness (QED) is 0.847. The predicted octanol–water partition coefficient (Wildman–Crippen LogP) is 0.426. The van der Waals surface area contributed by atoms with Gasteiger partial charge in [0.25, 0.3) is 5.91 Å². The monoisotopic (exact) mass is 305 g/mol. The number of hydrogen-bond donors (Lipinski definition) is 2. The fourth-order valence-electron chi connectivity index (χ4n) is 3.15. The van der Waals surface area contributed by atoms with Crippen molar-refractivity contribution in [2.75, 3.05) is 26.3 Å². The summed E-state index contributed by atoms with van der Waals surface area (Å²) in [6.07, 6.45) is 5.55. The summed E-state index contributed by atoms with van der Waals surface area (Å²) in [5.74, 6) is 0.0759. The molecule has 2 saturated heterocycles. The Bertz CT molecular complexity index is 489. The molecule has 6 nitrogen and oxygen atoms in total. The smallest absolute Gasteiger partial charge is 0.253 e. The van der Waals surface area contributed by atoms with Crippen LogP contribution in [0.3, 0.4) is 0 Å². The fourth-order valence-corrected chi connectivity index (χ4v) is 3.15. The van der Waals surface area contributed by atoms with Gasteiger partial charge in [-0.15, -0.1) is 0 Å². The molecule has 0 saturated carbocycles. The number of nitrogens with one attached hydrogen (secondary N) is 1. The van der Waals surface area contributed by atoms with E-state index in [4.69, 9.17) is 4.74 Å². The lowest BCUT2D eigenvalue weighted by Crippen LogP contribution is -2.53. The minimum atomic E-state index is -0.426. The number of piperidine rings is 1. The minimum absolute atomic E-state index is 0.0759. The van der Waals surface area contributed by atoms with E-state index in [0.717, 1.165) is 32.4 Å². The molecule has 1 aromatic heterocycles. The zero-order valence-electron chi connectivity index (χ0n) is 12.6. The Morgan fingerprint density at radius 3 is 2.68 bits per heavy atom. The highest BCUT2D eigenvalue weighted by Gasteiger charge is 2.29. The van der Waals surface area contributed by atoms with E-state index in [9.17, 15) is 9.90 Å². The Labute approximate surface area is 130 Å². The van der Waals surface area contributed by atoms with Crippen LogP contribution in [0.1, 0.15) is 29.6 Å². The molecule has 0 bridgehead atoms. The largest absolute Gasteiger partial charge is 0.389 e. The van der Waals surface area contributed by atoms with Crippen molar-refractivity contribution >= 4 is 5.91 Å². The minimum Gasteiger partial charge on any atom is -0.389 e. The highest BCUT2D eigenvalue weighted by atomic mass is 16.5. The van der Waals surface area contributed by atoms with Gasteiger partial charge in [-0.05, 0) is 31.4 Å². The number of nitrogens with zero attached hydrogens (tertiary/aromatic N) is 2. The number of ether oxygens (including phenoxy) is 1. The lowest BCUT2D eigenvalue weighted by atomic mass is 9.99. The average molecular weight is 305 g/mol. The van der Waals surface area contributed by atoms with Gasteiger partial charge in [0, 0.05) is 49.7 Å². The molecule has 120 valence electrons.